The van der Waals surface area contributed by atoms with Crippen molar-refractivity contribution in [3.63, 3.8) is 0 Å². The smallest absolute Gasteiger partial charge is 0.155 e. The molecule has 1 N–H and O–H groups in total. The highest BCUT2D eigenvalue weighted by atomic mass is 16.3. The van der Waals surface area contributed by atoms with E-state index < -0.39 is 6.10 Å². The van der Waals surface area contributed by atoms with E-state index in [1.807, 2.05) is 6.08 Å². The van der Waals surface area contributed by atoms with Gasteiger partial charge in [0.15, 0.2) is 5.78 Å². The fourth-order valence-corrected chi connectivity index (χ4v) is 7.12. The van der Waals surface area contributed by atoms with Crippen molar-refractivity contribution in [1.82, 2.24) is 0 Å². The van der Waals surface area contributed by atoms with E-state index in [2.05, 4.69) is 20.8 Å². The Kier molecular flexibility index (Phi) is 3.62. The highest BCUT2D eigenvalue weighted by molar-refractivity contribution is 5.91. The van der Waals surface area contributed by atoms with Gasteiger partial charge in [-0.05, 0) is 66.8 Å². The molecule has 0 aromatic rings. The van der Waals surface area contributed by atoms with Gasteiger partial charge in [0.1, 0.15) is 5.78 Å². The van der Waals surface area contributed by atoms with Crippen LogP contribution in [0.15, 0.2) is 11.6 Å². The number of aliphatic hydroxyl groups excluding tert-OH is 1. The van der Waals surface area contributed by atoms with Gasteiger partial charge in [0.2, 0.25) is 0 Å². The van der Waals surface area contributed by atoms with Crippen LogP contribution >= 0.6 is 0 Å². The van der Waals surface area contributed by atoms with Crippen molar-refractivity contribution in [2.75, 3.05) is 0 Å². The van der Waals surface area contributed by atoms with Crippen LogP contribution in [0.2, 0.25) is 0 Å². The maximum atomic E-state index is 12.6. The minimum atomic E-state index is -0.395. The summed E-state index contributed by atoms with van der Waals surface area (Å²) in [6.45, 7) is 6.75. The Hall–Kier alpha value is -0.960. The highest BCUT2D eigenvalue weighted by Crippen LogP contribution is 2.66. The van der Waals surface area contributed by atoms with Crippen LogP contribution in [-0.4, -0.2) is 22.8 Å². The molecule has 2 unspecified atom stereocenters. The van der Waals surface area contributed by atoms with Crippen LogP contribution in [0.5, 0.6) is 0 Å². The van der Waals surface area contributed by atoms with E-state index in [1.54, 1.807) is 0 Å². The van der Waals surface area contributed by atoms with Crippen LogP contribution in [0.25, 0.3) is 0 Å². The Morgan fingerprint density at radius 1 is 1.17 bits per heavy atom. The number of fused-ring (bicyclic) bond motifs is 5. The molecule has 132 valence electrons. The Balaban J connectivity index is 1.74. The predicted molar refractivity (Wildman–Crippen MR) is 92.3 cm³/mol. The maximum absolute atomic E-state index is 12.6. The van der Waals surface area contributed by atoms with Crippen molar-refractivity contribution in [2.24, 2.45) is 34.5 Å². The molecule has 0 spiro atoms. The molecule has 24 heavy (non-hydrogen) atoms. The van der Waals surface area contributed by atoms with E-state index in [9.17, 15) is 14.7 Å². The van der Waals surface area contributed by atoms with E-state index in [1.165, 1.54) is 5.57 Å². The molecule has 0 saturated heterocycles. The molecule has 4 aliphatic carbocycles. The molecule has 0 aliphatic heterocycles. The van der Waals surface area contributed by atoms with Crippen LogP contribution in [-0.2, 0) is 9.59 Å². The van der Waals surface area contributed by atoms with Crippen molar-refractivity contribution in [3.05, 3.63) is 11.6 Å². The first kappa shape index (κ1) is 16.5. The third-order valence-corrected chi connectivity index (χ3v) is 8.44. The van der Waals surface area contributed by atoms with Gasteiger partial charge in [-0.3, -0.25) is 9.59 Å². The summed E-state index contributed by atoms with van der Waals surface area (Å²) >= 11 is 0. The molecule has 0 bridgehead atoms. The Labute approximate surface area is 144 Å². The second-order valence-electron chi connectivity index (χ2n) is 9.29. The lowest BCUT2D eigenvalue weighted by Crippen LogP contribution is -2.55. The summed E-state index contributed by atoms with van der Waals surface area (Å²) in [4.78, 5) is 24.5. The van der Waals surface area contributed by atoms with Gasteiger partial charge >= 0.3 is 0 Å². The summed E-state index contributed by atoms with van der Waals surface area (Å²) in [5, 5.41) is 11.0. The highest BCUT2D eigenvalue weighted by Gasteiger charge is 2.62. The van der Waals surface area contributed by atoms with Crippen molar-refractivity contribution in [1.29, 1.82) is 0 Å². The quantitative estimate of drug-likeness (QED) is 0.797. The van der Waals surface area contributed by atoms with Gasteiger partial charge in [0.05, 0.1) is 6.10 Å². The van der Waals surface area contributed by atoms with Crippen molar-refractivity contribution < 1.29 is 14.7 Å². The SMILES string of the molecule is CCC1C(=O)C[C@H]2[C@@H]3C(O)CC4=CC(=O)CC[C@]4(C)[C@H]3CC[C@]12C. The zero-order valence-electron chi connectivity index (χ0n) is 15.2. The first-order valence-electron chi connectivity index (χ1n) is 9.76. The lowest BCUT2D eigenvalue weighted by Gasteiger charge is -2.59. The minimum Gasteiger partial charge on any atom is -0.392 e. The second-order valence-corrected chi connectivity index (χ2v) is 9.29. The number of ketones is 2. The van der Waals surface area contributed by atoms with E-state index >= 15 is 0 Å². The molecule has 3 nitrogen and oxygen atoms in total. The largest absolute Gasteiger partial charge is 0.392 e. The third-order valence-electron chi connectivity index (χ3n) is 8.44. The van der Waals surface area contributed by atoms with Gasteiger partial charge in [-0.15, -0.1) is 0 Å². The number of rotatable bonds is 1. The maximum Gasteiger partial charge on any atom is 0.155 e. The monoisotopic (exact) mass is 330 g/mol. The first-order valence-corrected chi connectivity index (χ1v) is 9.76. The molecule has 0 amide bonds. The molecule has 3 fully saturated rings. The van der Waals surface area contributed by atoms with E-state index in [0.717, 1.165) is 25.7 Å². The Bertz CT molecular complexity index is 621. The minimum absolute atomic E-state index is 0.0481. The van der Waals surface area contributed by atoms with Crippen LogP contribution in [0.1, 0.15) is 65.7 Å². The standard InChI is InChI=1S/C21H30O3/c1-4-14-17(23)11-16-19-15(6-8-21(14,16)3)20(2)7-5-13(22)9-12(20)10-18(19)24/h9,14-16,18-19,24H,4-8,10-11H2,1-3H3/t14?,15-,16-,18?,19+,20-,21+/m0/s1. The molecular formula is C21H30O3. The molecule has 3 heteroatoms. The van der Waals surface area contributed by atoms with Crippen molar-refractivity contribution >= 4 is 11.6 Å². The summed E-state index contributed by atoms with van der Waals surface area (Å²) in [5.74, 6) is 1.77. The number of carbonyl (C=O) groups excluding carboxylic acids is 2. The number of carbonyl (C=O) groups is 2. The summed E-state index contributed by atoms with van der Waals surface area (Å²) in [5.41, 5.74) is 1.29. The average molecular weight is 330 g/mol. The lowest BCUT2D eigenvalue weighted by molar-refractivity contribution is -0.125. The van der Waals surface area contributed by atoms with Crippen molar-refractivity contribution in [2.45, 2.75) is 71.8 Å². The molecule has 4 rings (SSSR count). The van der Waals surface area contributed by atoms with Gasteiger partial charge in [-0.25, -0.2) is 0 Å². The lowest BCUT2D eigenvalue weighted by atomic mass is 9.46. The van der Waals surface area contributed by atoms with Gasteiger partial charge in [0.25, 0.3) is 0 Å². The number of aliphatic hydroxyl groups is 1. The Morgan fingerprint density at radius 3 is 2.62 bits per heavy atom. The first-order chi connectivity index (χ1) is 11.3. The molecule has 0 radical (unpaired) electrons. The third kappa shape index (κ3) is 2.00. The van der Waals surface area contributed by atoms with Gasteiger partial charge in [-0.2, -0.15) is 0 Å². The molecular weight excluding hydrogens is 300 g/mol. The molecule has 4 aliphatic rings. The summed E-state index contributed by atoms with van der Waals surface area (Å²) < 4.78 is 0. The van der Waals surface area contributed by atoms with Gasteiger partial charge < -0.3 is 5.11 Å². The molecule has 0 heterocycles. The molecule has 0 aromatic heterocycles. The summed E-state index contributed by atoms with van der Waals surface area (Å²) in [6.07, 6.45) is 7.36. The molecule has 7 atom stereocenters. The van der Waals surface area contributed by atoms with Crippen LogP contribution in [0.3, 0.4) is 0 Å². The number of Topliss-reactive ketones (excluding diaryl/α,β-unsaturated/α-hetero) is 1. The fraction of sp³-hybridized carbons (Fsp3) is 0.810. The Morgan fingerprint density at radius 2 is 1.92 bits per heavy atom. The summed E-state index contributed by atoms with van der Waals surface area (Å²) in [6, 6.07) is 0. The average Bonchev–Trinajstić information content (AvgIpc) is 2.78. The van der Waals surface area contributed by atoms with Crippen LogP contribution in [0, 0.1) is 34.5 Å². The normalized spacial score (nSPS) is 50.8. The fourth-order valence-electron chi connectivity index (χ4n) is 7.12. The number of hydrogen-bond donors (Lipinski definition) is 1. The van der Waals surface area contributed by atoms with E-state index in [0.29, 0.717) is 36.9 Å². The van der Waals surface area contributed by atoms with Crippen molar-refractivity contribution in [3.8, 4) is 0 Å². The topological polar surface area (TPSA) is 54.4 Å². The molecule has 3 saturated carbocycles. The van der Waals surface area contributed by atoms with Gasteiger partial charge in [0, 0.05) is 18.8 Å². The predicted octanol–water partition coefficient (Wildman–Crippen LogP) is 3.69. The zero-order valence-corrected chi connectivity index (χ0v) is 15.2. The van der Waals surface area contributed by atoms with Crippen LogP contribution < -0.4 is 0 Å². The van der Waals surface area contributed by atoms with Crippen LogP contribution in [0.4, 0.5) is 0 Å². The second kappa shape index (κ2) is 5.27. The van der Waals surface area contributed by atoms with Gasteiger partial charge in [-0.1, -0.05) is 26.3 Å². The molecule has 0 aromatic carbocycles. The van der Waals surface area contributed by atoms with E-state index in [4.69, 9.17) is 0 Å². The number of hydrogen-bond acceptors (Lipinski definition) is 3. The van der Waals surface area contributed by atoms with E-state index in [-0.39, 0.29) is 28.4 Å². The zero-order chi connectivity index (χ0) is 17.3. The summed E-state index contributed by atoms with van der Waals surface area (Å²) in [7, 11) is 0.